The van der Waals surface area contributed by atoms with E-state index in [1.165, 1.54) is 4.90 Å². The molecule has 2 atom stereocenters. The second-order valence-corrected chi connectivity index (χ2v) is 6.03. The Morgan fingerprint density at radius 1 is 1.25 bits per heavy atom. The van der Waals surface area contributed by atoms with Gasteiger partial charge in [0.15, 0.2) is 0 Å². The van der Waals surface area contributed by atoms with Crippen molar-refractivity contribution in [1.82, 2.24) is 10.6 Å². The van der Waals surface area contributed by atoms with Crippen LogP contribution in [0.2, 0.25) is 0 Å². The van der Waals surface area contributed by atoms with Gasteiger partial charge in [0.2, 0.25) is 5.91 Å². The van der Waals surface area contributed by atoms with Crippen molar-refractivity contribution in [3.05, 3.63) is 29.8 Å². The molecular weight excluding hydrogens is 292 g/mol. The van der Waals surface area contributed by atoms with Gasteiger partial charge in [0.25, 0.3) is 0 Å². The summed E-state index contributed by atoms with van der Waals surface area (Å²) in [5.74, 6) is 1.16. The van der Waals surface area contributed by atoms with E-state index >= 15 is 0 Å². The number of benzene rings is 1. The van der Waals surface area contributed by atoms with Gasteiger partial charge in [-0.25, -0.2) is 0 Å². The molecule has 0 aliphatic heterocycles. The lowest BCUT2D eigenvalue weighted by atomic mass is 10.1. The fourth-order valence-corrected chi connectivity index (χ4v) is 2.52. The average Bonchev–Trinajstić information content (AvgIpc) is 2.40. The summed E-state index contributed by atoms with van der Waals surface area (Å²) in [5, 5.41) is 6.07. The van der Waals surface area contributed by atoms with Crippen molar-refractivity contribution in [3.8, 4) is 0 Å². The number of amides is 1. The van der Waals surface area contributed by atoms with Crippen LogP contribution in [0.25, 0.3) is 0 Å². The first-order valence-corrected chi connectivity index (χ1v) is 7.74. The number of hydrogen-bond acceptors (Lipinski definition) is 3. The highest BCUT2D eigenvalue weighted by Gasteiger charge is 2.15. The first kappa shape index (κ1) is 19.3. The Hall–Kier alpha value is -0.710. The molecule has 1 amide bonds. The molecule has 0 aliphatic rings. The highest BCUT2D eigenvalue weighted by Crippen LogP contribution is 2.20. The Morgan fingerprint density at radius 3 is 2.35 bits per heavy atom. The number of thioether (sulfide) groups is 1. The number of nitrogens with one attached hydrogen (secondary N) is 2. The van der Waals surface area contributed by atoms with E-state index in [1.54, 1.807) is 0 Å². The summed E-state index contributed by atoms with van der Waals surface area (Å²) in [5.41, 5.74) is 1.14. The van der Waals surface area contributed by atoms with Crippen LogP contribution in [0.1, 0.15) is 32.4 Å². The Labute approximate surface area is 132 Å². The molecule has 0 spiro atoms. The maximum absolute atomic E-state index is 11.9. The molecule has 0 radical (unpaired) electrons. The van der Waals surface area contributed by atoms with Crippen LogP contribution in [0.3, 0.4) is 0 Å². The monoisotopic (exact) mass is 316 g/mol. The van der Waals surface area contributed by atoms with Gasteiger partial charge in [0.1, 0.15) is 0 Å². The Balaban J connectivity index is 0.00000361. The van der Waals surface area contributed by atoms with Crippen LogP contribution in [0.15, 0.2) is 29.2 Å². The normalized spacial score (nSPS) is 13.2. The molecule has 0 saturated heterocycles. The maximum Gasteiger partial charge on any atom is 0.224 e. The van der Waals surface area contributed by atoms with E-state index in [1.807, 2.05) is 32.7 Å². The lowest BCUT2D eigenvalue weighted by Crippen LogP contribution is -2.35. The molecule has 1 aromatic rings. The van der Waals surface area contributed by atoms with Crippen molar-refractivity contribution in [2.45, 2.75) is 31.7 Å². The van der Waals surface area contributed by atoms with E-state index in [0.29, 0.717) is 6.54 Å². The van der Waals surface area contributed by atoms with Crippen molar-refractivity contribution < 1.29 is 4.79 Å². The van der Waals surface area contributed by atoms with Crippen molar-refractivity contribution in [3.63, 3.8) is 0 Å². The molecule has 3 nitrogen and oxygen atoms in total. The van der Waals surface area contributed by atoms with Gasteiger partial charge in [-0.1, -0.05) is 26.0 Å². The summed E-state index contributed by atoms with van der Waals surface area (Å²) in [6, 6.07) is 8.46. The van der Waals surface area contributed by atoms with E-state index in [-0.39, 0.29) is 30.3 Å². The summed E-state index contributed by atoms with van der Waals surface area (Å²) >= 11 is 1.83. The van der Waals surface area contributed by atoms with Gasteiger partial charge in [-0.3, -0.25) is 4.79 Å². The summed E-state index contributed by atoms with van der Waals surface area (Å²) < 4.78 is 0. The number of halogens is 1. The molecule has 1 aromatic carbocycles. The van der Waals surface area contributed by atoms with Crippen LogP contribution in [0.5, 0.6) is 0 Å². The minimum atomic E-state index is -0.0117. The van der Waals surface area contributed by atoms with E-state index in [4.69, 9.17) is 0 Å². The smallest absolute Gasteiger partial charge is 0.224 e. The highest BCUT2D eigenvalue weighted by molar-refractivity contribution is 7.99. The topological polar surface area (TPSA) is 41.1 Å². The first-order chi connectivity index (χ1) is 9.08. The average molecular weight is 317 g/mol. The minimum absolute atomic E-state index is 0. The summed E-state index contributed by atoms with van der Waals surface area (Å²) in [6.07, 6.45) is 0. The zero-order valence-corrected chi connectivity index (χ0v) is 14.2. The number of carbonyl (C=O) groups is 1. The van der Waals surface area contributed by atoms with Crippen LogP contribution >= 0.6 is 24.2 Å². The molecule has 20 heavy (non-hydrogen) atoms. The van der Waals surface area contributed by atoms with E-state index in [9.17, 15) is 4.79 Å². The largest absolute Gasteiger partial charge is 0.349 e. The molecule has 0 heterocycles. The quantitative estimate of drug-likeness (QED) is 0.759. The third-order valence-electron chi connectivity index (χ3n) is 3.01. The van der Waals surface area contributed by atoms with Gasteiger partial charge < -0.3 is 10.6 Å². The van der Waals surface area contributed by atoms with Gasteiger partial charge in [0, 0.05) is 17.4 Å². The van der Waals surface area contributed by atoms with E-state index in [2.05, 4.69) is 41.8 Å². The summed E-state index contributed by atoms with van der Waals surface area (Å²) in [6.45, 7) is 6.79. The molecule has 1 rings (SSSR count). The number of carbonyl (C=O) groups excluding carboxylic acids is 1. The summed E-state index contributed by atoms with van der Waals surface area (Å²) in [4.78, 5) is 13.2. The fraction of sp³-hybridized carbons (Fsp3) is 0.533. The third kappa shape index (κ3) is 6.16. The second kappa shape index (κ2) is 10.1. The van der Waals surface area contributed by atoms with Crippen LogP contribution < -0.4 is 10.6 Å². The molecule has 0 aliphatic carbocycles. The molecule has 0 saturated carbocycles. The minimum Gasteiger partial charge on any atom is -0.349 e. The molecule has 114 valence electrons. The molecule has 5 heteroatoms. The lowest BCUT2D eigenvalue weighted by Gasteiger charge is -2.18. The highest BCUT2D eigenvalue weighted by atomic mass is 35.5. The van der Waals surface area contributed by atoms with Crippen LogP contribution in [-0.2, 0) is 4.79 Å². The van der Waals surface area contributed by atoms with Crippen molar-refractivity contribution >= 4 is 30.1 Å². The van der Waals surface area contributed by atoms with E-state index < -0.39 is 0 Å². The van der Waals surface area contributed by atoms with Gasteiger partial charge in [-0.15, -0.1) is 24.2 Å². The fourth-order valence-electron chi connectivity index (χ4n) is 1.86. The molecule has 2 N–H and O–H groups in total. The standard InChI is InChI=1S/C15H24N2OS.ClH/c1-5-19-14-8-6-13(7-9-14)12(3)17-15(18)11(2)10-16-4;/h6-9,11-12,16H,5,10H2,1-4H3,(H,17,18);1H. The van der Waals surface area contributed by atoms with E-state index in [0.717, 1.165) is 11.3 Å². The second-order valence-electron chi connectivity index (χ2n) is 4.69. The Morgan fingerprint density at radius 2 is 1.85 bits per heavy atom. The molecule has 0 fully saturated rings. The predicted octanol–water partition coefficient (Wildman–Crippen LogP) is 3.25. The first-order valence-electron chi connectivity index (χ1n) is 6.76. The Kier molecular flexibility index (Phi) is 9.72. The SMILES string of the molecule is CCSc1ccc(C(C)NC(=O)C(C)CNC)cc1.Cl. The Bertz CT molecular complexity index is 397. The van der Waals surface area contributed by atoms with Gasteiger partial charge in [-0.2, -0.15) is 0 Å². The third-order valence-corrected chi connectivity index (χ3v) is 3.90. The molecule has 0 aromatic heterocycles. The zero-order valence-electron chi connectivity index (χ0n) is 12.6. The van der Waals surface area contributed by atoms with Crippen LogP contribution in [0, 0.1) is 5.92 Å². The van der Waals surface area contributed by atoms with Crippen molar-refractivity contribution in [1.29, 1.82) is 0 Å². The van der Waals surface area contributed by atoms with Crippen molar-refractivity contribution in [2.24, 2.45) is 5.92 Å². The number of rotatable bonds is 7. The predicted molar refractivity (Wildman–Crippen MR) is 89.7 cm³/mol. The summed E-state index contributed by atoms with van der Waals surface area (Å²) in [7, 11) is 1.86. The van der Waals surface area contributed by atoms with Gasteiger partial charge >= 0.3 is 0 Å². The molecular formula is C15H25ClN2OS. The van der Waals surface area contributed by atoms with Crippen LogP contribution in [0.4, 0.5) is 0 Å². The number of hydrogen-bond donors (Lipinski definition) is 2. The maximum atomic E-state index is 11.9. The zero-order chi connectivity index (χ0) is 14.3. The van der Waals surface area contributed by atoms with Gasteiger partial charge in [0.05, 0.1) is 6.04 Å². The van der Waals surface area contributed by atoms with Gasteiger partial charge in [-0.05, 0) is 37.4 Å². The van der Waals surface area contributed by atoms with Crippen molar-refractivity contribution in [2.75, 3.05) is 19.3 Å². The molecule has 2 unspecified atom stereocenters. The van der Waals surface area contributed by atoms with Crippen LogP contribution in [-0.4, -0.2) is 25.3 Å². The lowest BCUT2D eigenvalue weighted by molar-refractivity contribution is -0.125. The molecule has 0 bridgehead atoms.